The number of carbonyl (C=O) groups excluding carboxylic acids is 1. The second-order valence-electron chi connectivity index (χ2n) is 10.4. The van der Waals surface area contributed by atoms with Crippen molar-refractivity contribution in [3.8, 4) is 11.1 Å². The monoisotopic (exact) mass is 500 g/mol. The van der Waals surface area contributed by atoms with Gasteiger partial charge in [-0.2, -0.15) is 0 Å². The highest BCUT2D eigenvalue weighted by Gasteiger charge is 2.40. The number of hydrogen-bond acceptors (Lipinski definition) is 5. The Morgan fingerprint density at radius 3 is 2.70 bits per heavy atom. The first-order chi connectivity index (χ1) is 18.0. The van der Waals surface area contributed by atoms with Crippen LogP contribution in [0.4, 0.5) is 0 Å². The maximum atomic E-state index is 14.1. The lowest BCUT2D eigenvalue weighted by atomic mass is 9.80. The third-order valence-corrected chi connectivity index (χ3v) is 7.65. The molecule has 194 valence electrons. The number of aromatic nitrogens is 2. The lowest BCUT2D eigenvalue weighted by Crippen LogP contribution is -2.47. The number of amides is 1. The maximum absolute atomic E-state index is 14.1. The van der Waals surface area contributed by atoms with Crippen LogP contribution in [0, 0.1) is 5.92 Å². The van der Waals surface area contributed by atoms with E-state index in [1.165, 1.54) is 0 Å². The van der Waals surface area contributed by atoms with Gasteiger partial charge in [-0.05, 0) is 85.0 Å². The SMILES string of the molecule is Cn1ccc([C@H]2CCNC[C@@H]2C(=O)N(Cc2cc(CCCO)cc(-c3cccnc3)c2)C2CC2)cc1=O. The van der Waals surface area contributed by atoms with E-state index < -0.39 is 0 Å². The molecule has 37 heavy (non-hydrogen) atoms. The first-order valence-corrected chi connectivity index (χ1v) is 13.4. The molecule has 1 amide bonds. The van der Waals surface area contributed by atoms with E-state index in [1.807, 2.05) is 24.4 Å². The van der Waals surface area contributed by atoms with Crippen molar-refractivity contribution in [3.05, 3.63) is 88.1 Å². The van der Waals surface area contributed by atoms with E-state index in [2.05, 4.69) is 33.4 Å². The summed E-state index contributed by atoms with van der Waals surface area (Å²) in [6.07, 6.45) is 9.82. The molecule has 2 atom stereocenters. The number of nitrogens with one attached hydrogen (secondary N) is 1. The van der Waals surface area contributed by atoms with Gasteiger partial charge in [-0.3, -0.25) is 14.6 Å². The van der Waals surface area contributed by atoms with Crippen LogP contribution in [0.2, 0.25) is 0 Å². The summed E-state index contributed by atoms with van der Waals surface area (Å²) < 4.78 is 1.57. The van der Waals surface area contributed by atoms with Gasteiger partial charge in [-0.15, -0.1) is 0 Å². The predicted molar refractivity (Wildman–Crippen MR) is 144 cm³/mol. The third kappa shape index (κ3) is 6.00. The van der Waals surface area contributed by atoms with E-state index in [0.717, 1.165) is 60.0 Å². The summed E-state index contributed by atoms with van der Waals surface area (Å²) in [7, 11) is 1.75. The summed E-state index contributed by atoms with van der Waals surface area (Å²) >= 11 is 0. The first-order valence-electron chi connectivity index (χ1n) is 13.4. The van der Waals surface area contributed by atoms with E-state index in [9.17, 15) is 14.7 Å². The van der Waals surface area contributed by atoms with E-state index in [-0.39, 0.29) is 36.0 Å². The van der Waals surface area contributed by atoms with Crippen molar-refractivity contribution in [3.63, 3.8) is 0 Å². The number of benzene rings is 1. The molecule has 0 bridgehead atoms. The van der Waals surface area contributed by atoms with Crippen molar-refractivity contribution in [1.82, 2.24) is 19.8 Å². The molecule has 1 aliphatic carbocycles. The average molecular weight is 501 g/mol. The number of carbonyl (C=O) groups is 1. The van der Waals surface area contributed by atoms with E-state index >= 15 is 0 Å². The lowest BCUT2D eigenvalue weighted by molar-refractivity contribution is -0.138. The quantitative estimate of drug-likeness (QED) is 0.471. The molecule has 2 N–H and O–H groups in total. The van der Waals surface area contributed by atoms with Crippen LogP contribution in [0.15, 0.2) is 65.8 Å². The van der Waals surface area contributed by atoms with Crippen molar-refractivity contribution in [2.24, 2.45) is 13.0 Å². The molecule has 0 unspecified atom stereocenters. The van der Waals surface area contributed by atoms with Gasteiger partial charge < -0.3 is 19.9 Å². The van der Waals surface area contributed by atoms with Gasteiger partial charge in [0.05, 0.1) is 5.92 Å². The van der Waals surface area contributed by atoms with Gasteiger partial charge in [0.2, 0.25) is 5.91 Å². The molecule has 1 aliphatic heterocycles. The fourth-order valence-corrected chi connectivity index (χ4v) is 5.48. The minimum absolute atomic E-state index is 0.0331. The van der Waals surface area contributed by atoms with Crippen LogP contribution in [-0.2, 0) is 24.8 Å². The molecule has 3 heterocycles. The van der Waals surface area contributed by atoms with Crippen LogP contribution in [0.3, 0.4) is 0 Å². The van der Waals surface area contributed by atoms with E-state index in [1.54, 1.807) is 30.1 Å². The summed E-state index contributed by atoms with van der Waals surface area (Å²) in [5, 5.41) is 12.8. The third-order valence-electron chi connectivity index (χ3n) is 7.65. The second-order valence-corrected chi connectivity index (χ2v) is 10.4. The zero-order chi connectivity index (χ0) is 25.8. The number of rotatable bonds is 9. The zero-order valence-corrected chi connectivity index (χ0v) is 21.5. The second kappa shape index (κ2) is 11.4. The standard InChI is InChI=1S/C30H36N4O3/c1-33-12-9-23(17-29(33)36)27-8-11-32-19-28(27)30(37)34(26-6-7-26)20-22-14-21(4-3-13-35)15-25(16-22)24-5-2-10-31-18-24/h2,5,9-10,12,14-18,26-28,32,35H,3-4,6-8,11,13,19-20H2,1H3/t27-,28+/m1/s1. The van der Waals surface area contributed by atoms with Gasteiger partial charge in [-0.1, -0.05) is 18.2 Å². The summed E-state index contributed by atoms with van der Waals surface area (Å²) in [5.41, 5.74) is 5.31. The zero-order valence-electron chi connectivity index (χ0n) is 21.5. The Morgan fingerprint density at radius 1 is 1.14 bits per heavy atom. The Bertz CT molecular complexity index is 1290. The molecular weight excluding hydrogens is 464 g/mol. The van der Waals surface area contributed by atoms with Gasteiger partial charge in [0.25, 0.3) is 5.56 Å². The van der Waals surface area contributed by atoms with Gasteiger partial charge in [0.15, 0.2) is 0 Å². The highest BCUT2D eigenvalue weighted by Crippen LogP contribution is 2.36. The summed E-state index contributed by atoms with van der Waals surface area (Å²) in [6.45, 7) is 2.18. The van der Waals surface area contributed by atoms with Crippen LogP contribution in [0.5, 0.6) is 0 Å². The van der Waals surface area contributed by atoms with Crippen molar-refractivity contribution >= 4 is 5.91 Å². The fraction of sp³-hybridized carbons (Fsp3) is 0.433. The largest absolute Gasteiger partial charge is 0.396 e. The number of piperidine rings is 1. The fourth-order valence-electron chi connectivity index (χ4n) is 5.48. The summed E-state index contributed by atoms with van der Waals surface area (Å²) in [4.78, 5) is 32.8. The Balaban J connectivity index is 1.43. The molecule has 1 saturated heterocycles. The molecule has 2 aromatic heterocycles. The molecule has 0 spiro atoms. The molecule has 5 rings (SSSR count). The van der Waals surface area contributed by atoms with Crippen LogP contribution >= 0.6 is 0 Å². The van der Waals surface area contributed by atoms with E-state index in [4.69, 9.17) is 0 Å². The Morgan fingerprint density at radius 2 is 1.97 bits per heavy atom. The number of hydrogen-bond donors (Lipinski definition) is 2. The number of aliphatic hydroxyl groups is 1. The molecule has 0 radical (unpaired) electrons. The molecule has 1 aromatic carbocycles. The average Bonchev–Trinajstić information content (AvgIpc) is 3.78. The molecule has 2 fully saturated rings. The van der Waals surface area contributed by atoms with Crippen LogP contribution in [-0.4, -0.2) is 51.2 Å². The highest BCUT2D eigenvalue weighted by molar-refractivity contribution is 5.81. The molecule has 1 saturated carbocycles. The summed E-state index contributed by atoms with van der Waals surface area (Å²) in [6, 6.07) is 14.4. The van der Waals surface area contributed by atoms with E-state index in [0.29, 0.717) is 19.5 Å². The minimum Gasteiger partial charge on any atom is -0.396 e. The number of aliphatic hydroxyl groups excluding tert-OH is 1. The van der Waals surface area contributed by atoms with Crippen molar-refractivity contribution in [1.29, 1.82) is 0 Å². The van der Waals surface area contributed by atoms with Gasteiger partial charge >= 0.3 is 0 Å². The van der Waals surface area contributed by atoms with Gasteiger partial charge in [-0.25, -0.2) is 0 Å². The van der Waals surface area contributed by atoms with Crippen LogP contribution in [0.25, 0.3) is 11.1 Å². The van der Waals surface area contributed by atoms with Crippen LogP contribution < -0.4 is 10.9 Å². The van der Waals surface area contributed by atoms with Crippen molar-refractivity contribution in [2.75, 3.05) is 19.7 Å². The van der Waals surface area contributed by atoms with Gasteiger partial charge in [0.1, 0.15) is 0 Å². The Kier molecular flexibility index (Phi) is 7.82. The first kappa shape index (κ1) is 25.4. The maximum Gasteiger partial charge on any atom is 0.250 e. The predicted octanol–water partition coefficient (Wildman–Crippen LogP) is 3.26. The number of nitrogens with zero attached hydrogens (tertiary/aromatic N) is 3. The Hall–Kier alpha value is -3.29. The lowest BCUT2D eigenvalue weighted by Gasteiger charge is -2.36. The number of pyridine rings is 2. The molecule has 2 aliphatic rings. The molecular formula is C30H36N4O3. The normalized spacial score (nSPS) is 19.5. The number of aryl methyl sites for hydroxylation is 2. The highest BCUT2D eigenvalue weighted by atomic mass is 16.3. The topological polar surface area (TPSA) is 87.5 Å². The Labute approximate surface area is 218 Å². The molecule has 7 nitrogen and oxygen atoms in total. The van der Waals surface area contributed by atoms with Crippen LogP contribution in [0.1, 0.15) is 48.3 Å². The minimum atomic E-state index is -0.197. The molecule has 7 heteroatoms. The smallest absolute Gasteiger partial charge is 0.250 e. The van der Waals surface area contributed by atoms with Crippen molar-refractivity contribution < 1.29 is 9.90 Å². The summed E-state index contributed by atoms with van der Waals surface area (Å²) in [5.74, 6) is 0.00614. The molecule has 3 aromatic rings. The van der Waals surface area contributed by atoms with Gasteiger partial charge in [0, 0.05) is 63.0 Å². The van der Waals surface area contributed by atoms with Crippen molar-refractivity contribution in [2.45, 2.75) is 50.6 Å².